The van der Waals surface area contributed by atoms with Crippen LogP contribution in [0, 0.1) is 0 Å². The van der Waals surface area contributed by atoms with Gasteiger partial charge in [-0.2, -0.15) is 0 Å². The zero-order valence-corrected chi connectivity index (χ0v) is 8.67. The lowest BCUT2D eigenvalue weighted by atomic mass is 10.3. The first-order chi connectivity index (χ1) is 5.63. The first kappa shape index (κ1) is 9.51. The van der Waals surface area contributed by atoms with Gasteiger partial charge in [-0.3, -0.25) is 9.69 Å². The summed E-state index contributed by atoms with van der Waals surface area (Å²) in [6.07, 6.45) is 0. The molecule has 0 aromatic heterocycles. The standard InChI is InChI=1S/C7H11BrN2O2/c1-3-10-5(4-8)6(11)9(2)7(10)12/h5H,3-4H2,1-2H3. The Balaban J connectivity index is 2.87. The highest BCUT2D eigenvalue weighted by atomic mass is 79.9. The minimum atomic E-state index is -0.313. The third-order valence-corrected chi connectivity index (χ3v) is 2.62. The summed E-state index contributed by atoms with van der Waals surface area (Å²) in [7, 11) is 1.51. The van der Waals surface area contributed by atoms with E-state index in [1.165, 1.54) is 7.05 Å². The van der Waals surface area contributed by atoms with Crippen molar-refractivity contribution in [2.45, 2.75) is 13.0 Å². The number of carbonyl (C=O) groups is 2. The molecule has 0 N–H and O–H groups in total. The summed E-state index contributed by atoms with van der Waals surface area (Å²) in [5.74, 6) is -0.126. The number of amides is 3. The second kappa shape index (κ2) is 3.43. The molecule has 0 spiro atoms. The van der Waals surface area contributed by atoms with Crippen LogP contribution in [0.25, 0.3) is 0 Å². The first-order valence-corrected chi connectivity index (χ1v) is 4.89. The van der Waals surface area contributed by atoms with Gasteiger partial charge in [-0.15, -0.1) is 0 Å². The van der Waals surface area contributed by atoms with Gasteiger partial charge in [0, 0.05) is 18.9 Å². The van der Waals surface area contributed by atoms with Crippen molar-refractivity contribution in [2.24, 2.45) is 0 Å². The van der Waals surface area contributed by atoms with Gasteiger partial charge < -0.3 is 4.90 Å². The second-order valence-corrected chi connectivity index (χ2v) is 3.28. The normalized spacial score (nSPS) is 24.1. The molecule has 1 aliphatic rings. The number of halogens is 1. The number of alkyl halides is 1. The summed E-state index contributed by atoms with van der Waals surface area (Å²) < 4.78 is 0. The Bertz CT molecular complexity index is 197. The molecule has 1 saturated heterocycles. The topological polar surface area (TPSA) is 40.6 Å². The van der Waals surface area contributed by atoms with Gasteiger partial charge >= 0.3 is 6.03 Å². The van der Waals surface area contributed by atoms with Gasteiger partial charge in [0.2, 0.25) is 0 Å². The highest BCUT2D eigenvalue weighted by Gasteiger charge is 2.41. The van der Waals surface area contributed by atoms with E-state index in [1.54, 1.807) is 4.90 Å². The summed E-state index contributed by atoms with van der Waals surface area (Å²) in [6.45, 7) is 2.44. The van der Waals surface area contributed by atoms with Crippen molar-refractivity contribution in [2.75, 3.05) is 18.9 Å². The summed E-state index contributed by atoms with van der Waals surface area (Å²) in [5, 5.41) is 0.510. The Hall–Kier alpha value is -0.580. The van der Waals surface area contributed by atoms with Gasteiger partial charge in [0.25, 0.3) is 5.91 Å². The molecule has 1 aliphatic heterocycles. The summed E-state index contributed by atoms with van der Waals surface area (Å²) in [6, 6.07) is -0.514. The van der Waals surface area contributed by atoms with E-state index in [2.05, 4.69) is 15.9 Å². The van der Waals surface area contributed by atoms with Gasteiger partial charge in [-0.05, 0) is 6.92 Å². The van der Waals surface area contributed by atoms with Gasteiger partial charge in [-0.25, -0.2) is 4.79 Å². The lowest BCUT2D eigenvalue weighted by Gasteiger charge is -2.16. The van der Waals surface area contributed by atoms with E-state index in [1.807, 2.05) is 6.92 Å². The lowest BCUT2D eigenvalue weighted by Crippen LogP contribution is -2.35. The van der Waals surface area contributed by atoms with E-state index in [0.29, 0.717) is 11.9 Å². The number of urea groups is 1. The molecule has 1 atom stereocenters. The fourth-order valence-corrected chi connectivity index (χ4v) is 1.91. The summed E-state index contributed by atoms with van der Waals surface area (Å²) >= 11 is 3.21. The Morgan fingerprint density at radius 2 is 2.08 bits per heavy atom. The molecule has 3 amide bonds. The molecule has 0 aromatic carbocycles. The van der Waals surface area contributed by atoms with Crippen LogP contribution in [0.4, 0.5) is 4.79 Å². The van der Waals surface area contributed by atoms with Crippen molar-refractivity contribution in [3.05, 3.63) is 0 Å². The van der Waals surface area contributed by atoms with Crippen LogP contribution in [-0.4, -0.2) is 46.7 Å². The zero-order chi connectivity index (χ0) is 9.30. The molecular formula is C7H11BrN2O2. The third-order valence-electron chi connectivity index (χ3n) is 2.01. The molecule has 1 heterocycles. The average Bonchev–Trinajstić information content (AvgIpc) is 2.29. The number of hydrogen-bond donors (Lipinski definition) is 0. The molecule has 0 bridgehead atoms. The van der Waals surface area contributed by atoms with Crippen LogP contribution in [0.2, 0.25) is 0 Å². The van der Waals surface area contributed by atoms with Gasteiger partial charge in [0.15, 0.2) is 0 Å². The highest BCUT2D eigenvalue weighted by Crippen LogP contribution is 2.16. The van der Waals surface area contributed by atoms with Crippen molar-refractivity contribution in [3.8, 4) is 0 Å². The van der Waals surface area contributed by atoms with Crippen molar-refractivity contribution >= 4 is 27.9 Å². The molecule has 5 heteroatoms. The number of rotatable bonds is 2. The number of nitrogens with zero attached hydrogens (tertiary/aromatic N) is 2. The van der Waals surface area contributed by atoms with Crippen molar-refractivity contribution in [1.82, 2.24) is 9.80 Å². The van der Waals surface area contributed by atoms with E-state index in [9.17, 15) is 9.59 Å². The van der Waals surface area contributed by atoms with Gasteiger partial charge in [0.05, 0.1) is 0 Å². The quantitative estimate of drug-likeness (QED) is 0.521. The summed E-state index contributed by atoms with van der Waals surface area (Å²) in [4.78, 5) is 25.4. The number of likely N-dealkylation sites (N-methyl/N-ethyl adjacent to an activating group) is 2. The molecule has 1 fully saturated rings. The highest BCUT2D eigenvalue weighted by molar-refractivity contribution is 9.09. The van der Waals surface area contributed by atoms with Gasteiger partial charge in [-0.1, -0.05) is 15.9 Å². The summed E-state index contributed by atoms with van der Waals surface area (Å²) in [5.41, 5.74) is 0. The second-order valence-electron chi connectivity index (χ2n) is 2.64. The van der Waals surface area contributed by atoms with Crippen molar-refractivity contribution in [1.29, 1.82) is 0 Å². The van der Waals surface area contributed by atoms with E-state index in [-0.39, 0.29) is 18.0 Å². The maximum Gasteiger partial charge on any atom is 0.327 e. The van der Waals surface area contributed by atoms with E-state index in [4.69, 9.17) is 0 Å². The number of carbonyl (C=O) groups excluding carboxylic acids is 2. The molecule has 1 unspecified atom stereocenters. The molecule has 1 rings (SSSR count). The van der Waals surface area contributed by atoms with E-state index >= 15 is 0 Å². The maximum absolute atomic E-state index is 11.3. The fourth-order valence-electron chi connectivity index (χ4n) is 1.28. The largest absolute Gasteiger partial charge is 0.327 e. The molecular weight excluding hydrogens is 224 g/mol. The molecule has 0 aliphatic carbocycles. The predicted octanol–water partition coefficient (Wildman–Crippen LogP) is 0.664. The minimum Gasteiger partial charge on any atom is -0.312 e. The Morgan fingerprint density at radius 3 is 2.42 bits per heavy atom. The molecule has 68 valence electrons. The van der Waals surface area contributed by atoms with Crippen LogP contribution >= 0.6 is 15.9 Å². The molecule has 4 nitrogen and oxygen atoms in total. The fraction of sp³-hybridized carbons (Fsp3) is 0.714. The van der Waals surface area contributed by atoms with Crippen molar-refractivity contribution in [3.63, 3.8) is 0 Å². The van der Waals surface area contributed by atoms with Crippen LogP contribution in [0.3, 0.4) is 0 Å². The maximum atomic E-state index is 11.3. The monoisotopic (exact) mass is 234 g/mol. The van der Waals surface area contributed by atoms with Gasteiger partial charge in [0.1, 0.15) is 6.04 Å². The average molecular weight is 235 g/mol. The van der Waals surface area contributed by atoms with Crippen LogP contribution in [0.1, 0.15) is 6.92 Å². The third kappa shape index (κ3) is 1.22. The van der Waals surface area contributed by atoms with Crippen LogP contribution in [0.15, 0.2) is 0 Å². The molecule has 12 heavy (non-hydrogen) atoms. The number of imide groups is 1. The Morgan fingerprint density at radius 1 is 1.50 bits per heavy atom. The Kier molecular flexibility index (Phi) is 2.72. The first-order valence-electron chi connectivity index (χ1n) is 3.77. The zero-order valence-electron chi connectivity index (χ0n) is 7.08. The van der Waals surface area contributed by atoms with Crippen LogP contribution in [0.5, 0.6) is 0 Å². The van der Waals surface area contributed by atoms with E-state index in [0.717, 1.165) is 4.90 Å². The van der Waals surface area contributed by atoms with Crippen LogP contribution < -0.4 is 0 Å². The Labute approximate surface area is 79.6 Å². The molecule has 0 aromatic rings. The van der Waals surface area contributed by atoms with E-state index < -0.39 is 0 Å². The minimum absolute atomic E-state index is 0.126. The smallest absolute Gasteiger partial charge is 0.312 e. The molecule has 0 radical (unpaired) electrons. The predicted molar refractivity (Wildman–Crippen MR) is 48.1 cm³/mol. The van der Waals surface area contributed by atoms with Crippen LogP contribution in [-0.2, 0) is 4.79 Å². The number of hydrogen-bond acceptors (Lipinski definition) is 2. The SMILES string of the molecule is CCN1C(=O)N(C)C(=O)C1CBr. The molecule has 0 saturated carbocycles. The lowest BCUT2D eigenvalue weighted by molar-refractivity contribution is -0.126. The van der Waals surface area contributed by atoms with Crippen molar-refractivity contribution < 1.29 is 9.59 Å².